The number of nitrogens with zero attached hydrogens (tertiary/aromatic N) is 1. The summed E-state index contributed by atoms with van der Waals surface area (Å²) in [6.45, 7) is 4.06. The van der Waals surface area contributed by atoms with E-state index in [4.69, 9.17) is 14.7 Å². The van der Waals surface area contributed by atoms with Crippen molar-refractivity contribution in [2.24, 2.45) is 0 Å². The van der Waals surface area contributed by atoms with Crippen molar-refractivity contribution in [3.63, 3.8) is 0 Å². The topological polar surface area (TPSA) is 88.1 Å². The molecule has 2 N–H and O–H groups in total. The second-order valence-electron chi connectivity index (χ2n) is 8.81. The number of rotatable bonds is 5. The normalized spacial score (nSPS) is 22.0. The Morgan fingerprint density at radius 2 is 1.47 bits per heavy atom. The number of amides is 2. The molecule has 3 aromatic carbocycles. The molecule has 0 radical (unpaired) electrons. The molecule has 7 nitrogen and oxygen atoms in total. The number of nitrogens with one attached hydrogen (secondary N) is 1. The maximum absolute atomic E-state index is 13.3. The standard InChI is InChI=1S/C27H26N2O5/c1-26-20-7-3-5-9-22(20)27(2,23-10-6-4-8-21(23)26)34-29(26)25(32)33-17-18-11-13-19(14-12-18)24(31)28-15-16-30/h3-14,30H,15-17H2,1-2H3,(H,28,31). The van der Waals surface area contributed by atoms with Crippen LogP contribution in [0.15, 0.2) is 72.8 Å². The molecule has 2 bridgehead atoms. The summed E-state index contributed by atoms with van der Waals surface area (Å²) in [5.41, 5.74) is 3.66. The number of benzene rings is 3. The predicted molar refractivity (Wildman–Crippen MR) is 125 cm³/mol. The Kier molecular flexibility index (Phi) is 5.38. The Labute approximate surface area is 197 Å². The van der Waals surface area contributed by atoms with E-state index in [0.717, 1.165) is 27.8 Å². The van der Waals surface area contributed by atoms with Crippen LogP contribution in [0.25, 0.3) is 0 Å². The molecule has 7 heteroatoms. The second kappa shape index (κ2) is 8.27. The molecule has 0 aromatic heterocycles. The number of carbonyl (C=O) groups excluding carboxylic acids is 2. The van der Waals surface area contributed by atoms with Gasteiger partial charge in [-0.2, -0.15) is 5.06 Å². The van der Waals surface area contributed by atoms with Gasteiger partial charge in [0.1, 0.15) is 17.7 Å². The number of aliphatic hydroxyl groups excluding tert-OH is 1. The summed E-state index contributed by atoms with van der Waals surface area (Å²) in [4.78, 5) is 31.7. The number of aliphatic hydroxyl groups is 1. The Balaban J connectivity index is 1.38. The number of hydrogen-bond acceptors (Lipinski definition) is 5. The van der Waals surface area contributed by atoms with Crippen molar-refractivity contribution in [3.8, 4) is 0 Å². The monoisotopic (exact) mass is 458 g/mol. The predicted octanol–water partition coefficient (Wildman–Crippen LogP) is 3.83. The van der Waals surface area contributed by atoms with Gasteiger partial charge >= 0.3 is 6.09 Å². The zero-order chi connectivity index (χ0) is 23.9. The fourth-order valence-corrected chi connectivity index (χ4v) is 4.98. The van der Waals surface area contributed by atoms with Gasteiger partial charge in [0, 0.05) is 12.1 Å². The molecule has 2 aliphatic heterocycles. The first-order valence-electron chi connectivity index (χ1n) is 11.2. The van der Waals surface area contributed by atoms with E-state index in [1.165, 1.54) is 5.06 Å². The van der Waals surface area contributed by atoms with Crippen LogP contribution in [-0.2, 0) is 27.3 Å². The molecule has 6 rings (SSSR count). The van der Waals surface area contributed by atoms with Gasteiger partial charge in [-0.15, -0.1) is 0 Å². The minimum atomic E-state index is -0.837. The number of fused-ring (bicyclic) bond motifs is 1. The van der Waals surface area contributed by atoms with Gasteiger partial charge in [0.2, 0.25) is 0 Å². The summed E-state index contributed by atoms with van der Waals surface area (Å²) in [5.74, 6) is -0.270. The van der Waals surface area contributed by atoms with Crippen LogP contribution in [0.3, 0.4) is 0 Å². The first kappa shape index (κ1) is 22.1. The van der Waals surface area contributed by atoms with Crippen LogP contribution in [0.2, 0.25) is 0 Å². The lowest BCUT2D eigenvalue weighted by Crippen LogP contribution is -2.61. The molecule has 0 spiro atoms. The van der Waals surface area contributed by atoms with E-state index in [2.05, 4.69) is 5.32 Å². The Morgan fingerprint density at radius 3 is 2.03 bits per heavy atom. The maximum Gasteiger partial charge on any atom is 0.435 e. The Morgan fingerprint density at radius 1 is 0.912 bits per heavy atom. The number of hydroxylamine groups is 2. The van der Waals surface area contributed by atoms with E-state index in [1.54, 1.807) is 24.3 Å². The van der Waals surface area contributed by atoms with E-state index >= 15 is 0 Å². The minimum absolute atomic E-state index is 0.0350. The largest absolute Gasteiger partial charge is 0.443 e. The van der Waals surface area contributed by atoms with Gasteiger partial charge in [-0.25, -0.2) is 4.79 Å². The van der Waals surface area contributed by atoms with Crippen molar-refractivity contribution < 1.29 is 24.3 Å². The van der Waals surface area contributed by atoms with E-state index in [9.17, 15) is 9.59 Å². The quantitative estimate of drug-likeness (QED) is 0.607. The zero-order valence-electron chi connectivity index (χ0n) is 19.1. The minimum Gasteiger partial charge on any atom is -0.443 e. The fraction of sp³-hybridized carbons (Fsp3) is 0.259. The van der Waals surface area contributed by atoms with Gasteiger partial charge in [-0.05, 0) is 53.8 Å². The third-order valence-electron chi connectivity index (χ3n) is 6.75. The highest BCUT2D eigenvalue weighted by atomic mass is 16.7. The Hall–Kier alpha value is -3.68. The SMILES string of the molecule is CC12ON(C(=O)OCc3ccc(C(=O)NCCO)cc3)C(C)(c3ccccc31)c1ccccc12. The van der Waals surface area contributed by atoms with Crippen molar-refractivity contribution >= 4 is 12.0 Å². The van der Waals surface area contributed by atoms with Crippen molar-refractivity contribution in [2.75, 3.05) is 13.2 Å². The first-order chi connectivity index (χ1) is 16.4. The van der Waals surface area contributed by atoms with E-state index in [0.29, 0.717) is 5.56 Å². The molecule has 0 saturated carbocycles. The second-order valence-corrected chi connectivity index (χ2v) is 8.81. The van der Waals surface area contributed by atoms with Crippen LogP contribution in [0.1, 0.15) is 52.0 Å². The zero-order valence-corrected chi connectivity index (χ0v) is 19.1. The summed E-state index contributed by atoms with van der Waals surface area (Å²) < 4.78 is 5.65. The van der Waals surface area contributed by atoms with Crippen molar-refractivity contribution in [1.29, 1.82) is 0 Å². The third-order valence-corrected chi connectivity index (χ3v) is 6.75. The van der Waals surface area contributed by atoms with Gasteiger partial charge in [0.25, 0.3) is 5.91 Å². The third kappa shape index (κ3) is 3.28. The van der Waals surface area contributed by atoms with Crippen LogP contribution >= 0.6 is 0 Å². The van der Waals surface area contributed by atoms with Crippen molar-refractivity contribution in [2.45, 2.75) is 31.6 Å². The molecule has 1 aliphatic carbocycles. The molecule has 0 fully saturated rings. The summed E-state index contributed by atoms with van der Waals surface area (Å²) in [7, 11) is 0. The highest BCUT2D eigenvalue weighted by molar-refractivity contribution is 5.94. The summed E-state index contributed by atoms with van der Waals surface area (Å²) in [6, 6.07) is 22.9. The highest BCUT2D eigenvalue weighted by Crippen LogP contribution is 2.57. The molecule has 2 heterocycles. The number of ether oxygens (including phenoxy) is 1. The first-order valence-corrected chi connectivity index (χ1v) is 11.2. The van der Waals surface area contributed by atoms with Gasteiger partial charge in [-0.3, -0.25) is 9.63 Å². The molecular weight excluding hydrogens is 432 g/mol. The summed E-state index contributed by atoms with van der Waals surface area (Å²) in [6.07, 6.45) is -0.581. The number of hydrogen-bond donors (Lipinski definition) is 2. The van der Waals surface area contributed by atoms with Crippen LogP contribution in [0, 0.1) is 0 Å². The van der Waals surface area contributed by atoms with E-state index < -0.39 is 17.2 Å². The average molecular weight is 459 g/mol. The maximum atomic E-state index is 13.3. The summed E-state index contributed by atoms with van der Waals surface area (Å²) >= 11 is 0. The van der Waals surface area contributed by atoms with Crippen LogP contribution < -0.4 is 5.32 Å². The molecule has 2 amide bonds. The van der Waals surface area contributed by atoms with Gasteiger partial charge in [0.15, 0.2) is 0 Å². The molecule has 0 saturated heterocycles. The Bertz CT molecular complexity index is 1210. The van der Waals surface area contributed by atoms with Gasteiger partial charge in [0.05, 0.1) is 6.61 Å². The van der Waals surface area contributed by atoms with Crippen LogP contribution in [0.4, 0.5) is 4.79 Å². The fourth-order valence-electron chi connectivity index (χ4n) is 4.98. The highest BCUT2D eigenvalue weighted by Gasteiger charge is 2.59. The molecule has 0 atom stereocenters. The van der Waals surface area contributed by atoms with E-state index in [1.807, 2.05) is 62.4 Å². The molecule has 174 valence electrons. The van der Waals surface area contributed by atoms with Crippen molar-refractivity contribution in [3.05, 3.63) is 106 Å². The molecule has 0 unspecified atom stereocenters. The molecule has 3 aliphatic rings. The summed E-state index contributed by atoms with van der Waals surface area (Å²) in [5, 5.41) is 12.8. The lowest BCUT2D eigenvalue weighted by atomic mass is 9.65. The van der Waals surface area contributed by atoms with E-state index in [-0.39, 0.29) is 25.7 Å². The van der Waals surface area contributed by atoms with Crippen LogP contribution in [-0.4, -0.2) is 35.3 Å². The molecule has 34 heavy (non-hydrogen) atoms. The average Bonchev–Trinajstić information content (AvgIpc) is 2.88. The van der Waals surface area contributed by atoms with Crippen LogP contribution in [0.5, 0.6) is 0 Å². The smallest absolute Gasteiger partial charge is 0.435 e. The lowest BCUT2D eigenvalue weighted by molar-refractivity contribution is -0.272. The lowest BCUT2D eigenvalue weighted by Gasteiger charge is -2.56. The number of carbonyl (C=O) groups is 2. The van der Waals surface area contributed by atoms with Gasteiger partial charge < -0.3 is 15.2 Å². The van der Waals surface area contributed by atoms with Gasteiger partial charge in [-0.1, -0.05) is 60.7 Å². The van der Waals surface area contributed by atoms with Crippen molar-refractivity contribution in [1.82, 2.24) is 10.4 Å². The molecular formula is C27H26N2O5. The molecule has 3 aromatic rings.